The van der Waals surface area contributed by atoms with Crippen LogP contribution < -0.4 is 5.32 Å². The number of hydrogen-bond donors (Lipinski definition) is 2. The number of fused-ring (bicyclic) bond motifs is 1. The summed E-state index contributed by atoms with van der Waals surface area (Å²) >= 11 is 0. The minimum atomic E-state index is 0.190. The van der Waals surface area contributed by atoms with E-state index in [0.29, 0.717) is 5.75 Å². The molecule has 3 rings (SSSR count). The van der Waals surface area contributed by atoms with E-state index < -0.39 is 0 Å². The molecule has 3 nitrogen and oxygen atoms in total. The van der Waals surface area contributed by atoms with Gasteiger partial charge in [0, 0.05) is 37.8 Å². The molecule has 0 unspecified atom stereocenters. The highest BCUT2D eigenvalue weighted by Gasteiger charge is 2.25. The number of hydrogen-bond acceptors (Lipinski definition) is 3. The van der Waals surface area contributed by atoms with Crippen LogP contribution in [0.25, 0.3) is 10.8 Å². The van der Waals surface area contributed by atoms with Crippen LogP contribution >= 0.6 is 0 Å². The second-order valence-corrected chi connectivity index (χ2v) is 5.55. The number of nitrogens with one attached hydrogen (secondary N) is 1. The lowest BCUT2D eigenvalue weighted by atomic mass is 9.94. The van der Waals surface area contributed by atoms with Gasteiger partial charge in [-0.15, -0.1) is 6.58 Å². The fraction of sp³-hybridized carbons (Fsp3) is 0.333. The van der Waals surface area contributed by atoms with Crippen LogP contribution in [0.5, 0.6) is 5.75 Å². The van der Waals surface area contributed by atoms with E-state index in [9.17, 15) is 5.11 Å². The molecule has 1 heterocycles. The van der Waals surface area contributed by atoms with Crippen molar-refractivity contribution < 1.29 is 5.11 Å². The van der Waals surface area contributed by atoms with Crippen molar-refractivity contribution in [1.82, 2.24) is 10.2 Å². The molecule has 2 aromatic rings. The Morgan fingerprint density at radius 2 is 1.95 bits per heavy atom. The summed E-state index contributed by atoms with van der Waals surface area (Å²) in [5.41, 5.74) is 1.04. The van der Waals surface area contributed by atoms with Gasteiger partial charge < -0.3 is 10.4 Å². The monoisotopic (exact) mass is 282 g/mol. The fourth-order valence-electron chi connectivity index (χ4n) is 3.24. The Morgan fingerprint density at radius 3 is 2.71 bits per heavy atom. The van der Waals surface area contributed by atoms with Gasteiger partial charge in [-0.2, -0.15) is 0 Å². The predicted octanol–water partition coefficient (Wildman–Crippen LogP) is 3.07. The van der Waals surface area contributed by atoms with Crippen molar-refractivity contribution >= 4 is 10.8 Å². The first-order valence-electron chi connectivity index (χ1n) is 7.57. The van der Waals surface area contributed by atoms with Crippen LogP contribution in [-0.2, 0) is 0 Å². The molecule has 0 saturated carbocycles. The smallest absolute Gasteiger partial charge is 0.121 e. The van der Waals surface area contributed by atoms with Gasteiger partial charge in [-0.3, -0.25) is 4.90 Å². The Bertz CT molecular complexity index is 632. The van der Waals surface area contributed by atoms with E-state index in [1.165, 1.54) is 5.39 Å². The molecule has 1 fully saturated rings. The molecular weight excluding hydrogens is 260 g/mol. The van der Waals surface area contributed by atoms with Crippen molar-refractivity contribution in [2.24, 2.45) is 0 Å². The minimum Gasteiger partial charge on any atom is -0.508 e. The summed E-state index contributed by atoms with van der Waals surface area (Å²) in [7, 11) is 0. The van der Waals surface area contributed by atoms with Gasteiger partial charge in [0.25, 0.3) is 0 Å². The molecule has 1 aliphatic rings. The summed E-state index contributed by atoms with van der Waals surface area (Å²) in [5.74, 6) is 0.388. The number of phenolic OH excluding ortho intramolecular Hbond substituents is 1. The molecular formula is C18H22N2O. The molecule has 1 saturated heterocycles. The third kappa shape index (κ3) is 2.80. The summed E-state index contributed by atoms with van der Waals surface area (Å²) < 4.78 is 0. The van der Waals surface area contributed by atoms with Crippen LogP contribution in [0.1, 0.15) is 18.0 Å². The first kappa shape index (κ1) is 14.1. The lowest BCUT2D eigenvalue weighted by Crippen LogP contribution is -2.45. The number of aromatic hydroxyl groups is 1. The average molecular weight is 282 g/mol. The van der Waals surface area contributed by atoms with Crippen LogP contribution in [0, 0.1) is 0 Å². The van der Waals surface area contributed by atoms with Crippen LogP contribution in [0.2, 0.25) is 0 Å². The minimum absolute atomic E-state index is 0.190. The van der Waals surface area contributed by atoms with Crippen LogP contribution in [0.3, 0.4) is 0 Å². The van der Waals surface area contributed by atoms with Crippen molar-refractivity contribution in [3.8, 4) is 5.75 Å². The van der Waals surface area contributed by atoms with E-state index >= 15 is 0 Å². The molecule has 0 bridgehead atoms. The lowest BCUT2D eigenvalue weighted by molar-refractivity contribution is 0.173. The number of nitrogens with zero attached hydrogens (tertiary/aromatic N) is 1. The number of phenols is 1. The van der Waals surface area contributed by atoms with Gasteiger partial charge >= 0.3 is 0 Å². The maximum absolute atomic E-state index is 10.5. The first-order valence-corrected chi connectivity index (χ1v) is 7.57. The van der Waals surface area contributed by atoms with Crippen LogP contribution in [0.15, 0.2) is 49.1 Å². The summed E-state index contributed by atoms with van der Waals surface area (Å²) in [6.07, 6.45) is 2.80. The Labute approximate surface area is 125 Å². The van der Waals surface area contributed by atoms with Crippen molar-refractivity contribution in [2.75, 3.05) is 26.2 Å². The van der Waals surface area contributed by atoms with E-state index in [0.717, 1.165) is 43.5 Å². The fourth-order valence-corrected chi connectivity index (χ4v) is 3.24. The van der Waals surface area contributed by atoms with Gasteiger partial charge in [-0.05, 0) is 23.3 Å². The topological polar surface area (TPSA) is 35.5 Å². The molecule has 0 amide bonds. The highest BCUT2D eigenvalue weighted by atomic mass is 16.3. The summed E-state index contributed by atoms with van der Waals surface area (Å²) in [5, 5.41) is 16.2. The average Bonchev–Trinajstić information content (AvgIpc) is 2.54. The molecule has 1 atom stereocenters. The normalized spacial score (nSPS) is 17.7. The SMILES string of the molecule is C=CC[C@H](c1c(O)ccc2ccccc12)N1CCNCC1. The Balaban J connectivity index is 2.09. The number of piperazine rings is 1. The largest absolute Gasteiger partial charge is 0.508 e. The Hall–Kier alpha value is -1.84. The molecule has 3 heteroatoms. The van der Waals surface area contributed by atoms with Crippen LogP contribution in [-0.4, -0.2) is 36.2 Å². The van der Waals surface area contributed by atoms with Gasteiger partial charge in [0.15, 0.2) is 0 Å². The molecule has 0 aromatic heterocycles. The van der Waals surface area contributed by atoms with Gasteiger partial charge in [0.05, 0.1) is 0 Å². The van der Waals surface area contributed by atoms with Crippen molar-refractivity contribution in [3.63, 3.8) is 0 Å². The third-order valence-corrected chi connectivity index (χ3v) is 4.26. The zero-order valence-electron chi connectivity index (χ0n) is 12.3. The van der Waals surface area contributed by atoms with E-state index in [1.807, 2.05) is 30.3 Å². The van der Waals surface area contributed by atoms with Crippen molar-refractivity contribution in [2.45, 2.75) is 12.5 Å². The Morgan fingerprint density at radius 1 is 1.19 bits per heavy atom. The molecule has 0 radical (unpaired) electrons. The zero-order valence-corrected chi connectivity index (χ0v) is 12.3. The Kier molecular flexibility index (Phi) is 4.23. The van der Waals surface area contributed by atoms with Crippen LogP contribution in [0.4, 0.5) is 0 Å². The maximum atomic E-state index is 10.5. The van der Waals surface area contributed by atoms with Gasteiger partial charge in [0.1, 0.15) is 5.75 Å². The summed E-state index contributed by atoms with van der Waals surface area (Å²) in [6.45, 7) is 7.91. The second-order valence-electron chi connectivity index (χ2n) is 5.55. The molecule has 0 aliphatic carbocycles. The third-order valence-electron chi connectivity index (χ3n) is 4.26. The van der Waals surface area contributed by atoms with Crippen molar-refractivity contribution in [3.05, 3.63) is 54.6 Å². The molecule has 110 valence electrons. The molecule has 2 aromatic carbocycles. The van der Waals surface area contributed by atoms with Gasteiger partial charge in [-0.1, -0.05) is 36.4 Å². The predicted molar refractivity (Wildman–Crippen MR) is 87.6 cm³/mol. The molecule has 1 aliphatic heterocycles. The summed E-state index contributed by atoms with van der Waals surface area (Å²) in [6, 6.07) is 12.3. The van der Waals surface area contributed by atoms with Gasteiger partial charge in [0.2, 0.25) is 0 Å². The quantitative estimate of drug-likeness (QED) is 0.846. The highest BCUT2D eigenvalue weighted by molar-refractivity contribution is 5.88. The summed E-state index contributed by atoms with van der Waals surface area (Å²) in [4.78, 5) is 2.44. The molecule has 2 N–H and O–H groups in total. The maximum Gasteiger partial charge on any atom is 0.121 e. The second kappa shape index (κ2) is 6.29. The van der Waals surface area contributed by atoms with E-state index in [2.05, 4.69) is 28.9 Å². The zero-order chi connectivity index (χ0) is 14.7. The van der Waals surface area contributed by atoms with E-state index in [4.69, 9.17) is 0 Å². The lowest BCUT2D eigenvalue weighted by Gasteiger charge is -2.35. The van der Waals surface area contributed by atoms with Crippen molar-refractivity contribution in [1.29, 1.82) is 0 Å². The van der Waals surface area contributed by atoms with E-state index in [-0.39, 0.29) is 6.04 Å². The highest BCUT2D eigenvalue weighted by Crippen LogP contribution is 2.37. The van der Waals surface area contributed by atoms with Gasteiger partial charge in [-0.25, -0.2) is 0 Å². The number of rotatable bonds is 4. The first-order chi connectivity index (χ1) is 10.3. The molecule has 21 heavy (non-hydrogen) atoms. The van der Waals surface area contributed by atoms with E-state index in [1.54, 1.807) is 0 Å². The standard InChI is InChI=1S/C18H22N2O/c1-2-5-16(20-12-10-19-11-13-20)18-15-7-4-3-6-14(15)8-9-17(18)21/h2-4,6-9,16,19,21H,1,5,10-13H2/t16-/m1/s1. The number of benzene rings is 2. The molecule has 0 spiro atoms.